The van der Waals surface area contributed by atoms with E-state index in [0.29, 0.717) is 6.04 Å². The Kier molecular flexibility index (Phi) is 6.33. The lowest BCUT2D eigenvalue weighted by Gasteiger charge is -2.40. The van der Waals surface area contributed by atoms with Crippen LogP contribution >= 0.6 is 0 Å². The minimum atomic E-state index is 0.686. The molecule has 2 saturated heterocycles. The monoisotopic (exact) mass is 381 g/mol. The first-order valence-electron chi connectivity index (χ1n) is 11.0. The van der Waals surface area contributed by atoms with E-state index >= 15 is 0 Å². The van der Waals surface area contributed by atoms with Gasteiger partial charge in [-0.2, -0.15) is 0 Å². The molecule has 1 aromatic rings. The van der Waals surface area contributed by atoms with Crippen LogP contribution in [0.3, 0.4) is 0 Å². The molecular formula is C23H35N5. The van der Waals surface area contributed by atoms with Crippen molar-refractivity contribution >= 4 is 5.69 Å². The topological polar surface area (TPSA) is 25.9 Å². The summed E-state index contributed by atoms with van der Waals surface area (Å²) in [6, 6.07) is 5.68. The third-order valence-electron chi connectivity index (χ3n) is 6.52. The molecule has 4 heterocycles. The van der Waals surface area contributed by atoms with Gasteiger partial charge in [-0.15, -0.1) is 0 Å². The van der Waals surface area contributed by atoms with E-state index in [1.54, 1.807) is 0 Å². The Morgan fingerprint density at radius 2 is 1.75 bits per heavy atom. The maximum Gasteiger partial charge on any atom is 0.109 e. The Bertz CT molecular complexity index is 675. The van der Waals surface area contributed by atoms with Crippen LogP contribution in [0.4, 0.5) is 5.69 Å². The molecule has 3 aliphatic rings. The van der Waals surface area contributed by atoms with Gasteiger partial charge in [-0.25, -0.2) is 0 Å². The van der Waals surface area contributed by atoms with Gasteiger partial charge in [0.25, 0.3) is 0 Å². The third kappa shape index (κ3) is 4.41. The van der Waals surface area contributed by atoms with Crippen LogP contribution in [0.1, 0.15) is 33.1 Å². The van der Waals surface area contributed by atoms with Gasteiger partial charge in [0.1, 0.15) is 5.82 Å². The Morgan fingerprint density at radius 3 is 2.50 bits per heavy atom. The lowest BCUT2D eigenvalue weighted by molar-refractivity contribution is 0.0947. The van der Waals surface area contributed by atoms with E-state index in [0.717, 1.165) is 25.7 Å². The minimum absolute atomic E-state index is 0.686. The van der Waals surface area contributed by atoms with Crippen molar-refractivity contribution in [2.24, 2.45) is 0 Å². The number of aromatic nitrogens is 1. The summed E-state index contributed by atoms with van der Waals surface area (Å²) in [6.07, 6.45) is 14.4. The maximum absolute atomic E-state index is 4.18. The van der Waals surface area contributed by atoms with Crippen LogP contribution in [0.2, 0.25) is 0 Å². The first kappa shape index (κ1) is 19.5. The molecule has 3 aliphatic heterocycles. The predicted octanol–water partition coefficient (Wildman–Crippen LogP) is 3.18. The highest BCUT2D eigenvalue weighted by atomic mass is 15.4. The fraction of sp³-hybridized carbons (Fsp3) is 0.609. The zero-order valence-corrected chi connectivity index (χ0v) is 17.5. The van der Waals surface area contributed by atoms with Crippen LogP contribution in [-0.2, 0) is 0 Å². The van der Waals surface area contributed by atoms with Gasteiger partial charge in [0.15, 0.2) is 0 Å². The predicted molar refractivity (Wildman–Crippen MR) is 116 cm³/mol. The molecule has 0 aliphatic carbocycles. The molecule has 0 bridgehead atoms. The first-order valence-corrected chi connectivity index (χ1v) is 11.0. The number of allylic oxidation sites excluding steroid dienone is 2. The molecular weight excluding hydrogens is 346 g/mol. The number of rotatable bonds is 4. The van der Waals surface area contributed by atoms with Crippen molar-refractivity contribution in [3.63, 3.8) is 0 Å². The smallest absolute Gasteiger partial charge is 0.109 e. The zero-order valence-electron chi connectivity index (χ0n) is 17.5. The van der Waals surface area contributed by atoms with Crippen LogP contribution in [0.15, 0.2) is 48.6 Å². The van der Waals surface area contributed by atoms with Crippen molar-refractivity contribution in [1.82, 2.24) is 19.7 Å². The van der Waals surface area contributed by atoms with Gasteiger partial charge >= 0.3 is 0 Å². The number of nitrogens with zero attached hydrogens (tertiary/aromatic N) is 5. The molecule has 5 nitrogen and oxygen atoms in total. The summed E-state index contributed by atoms with van der Waals surface area (Å²) in [5.41, 5.74) is 1.23. The Hall–Kier alpha value is -1.85. The van der Waals surface area contributed by atoms with E-state index in [9.17, 15) is 0 Å². The van der Waals surface area contributed by atoms with Crippen LogP contribution in [0.25, 0.3) is 0 Å². The molecule has 0 spiro atoms. The molecule has 28 heavy (non-hydrogen) atoms. The maximum atomic E-state index is 4.18. The molecule has 0 saturated carbocycles. The van der Waals surface area contributed by atoms with Gasteiger partial charge in [-0.05, 0) is 64.4 Å². The highest BCUT2D eigenvalue weighted by molar-refractivity contribution is 5.53. The van der Waals surface area contributed by atoms with E-state index in [2.05, 4.69) is 68.8 Å². The molecule has 1 aromatic heterocycles. The molecule has 0 aromatic carbocycles. The van der Waals surface area contributed by atoms with Crippen LogP contribution in [0, 0.1) is 0 Å². The summed E-state index contributed by atoms with van der Waals surface area (Å²) in [5.74, 6) is 1.34. The summed E-state index contributed by atoms with van der Waals surface area (Å²) in [4.78, 5) is 14.6. The Labute approximate surface area is 170 Å². The van der Waals surface area contributed by atoms with E-state index in [4.69, 9.17) is 0 Å². The van der Waals surface area contributed by atoms with Crippen molar-refractivity contribution in [2.45, 2.75) is 45.2 Å². The summed E-state index contributed by atoms with van der Waals surface area (Å²) in [6.45, 7) is 12.8. The molecule has 0 amide bonds. The van der Waals surface area contributed by atoms with Gasteiger partial charge < -0.3 is 14.7 Å². The van der Waals surface area contributed by atoms with Gasteiger partial charge in [-0.3, -0.25) is 9.88 Å². The normalized spacial score (nSPS) is 23.2. The molecule has 5 heteroatoms. The number of likely N-dealkylation sites (tertiary alicyclic amines) is 1. The fourth-order valence-electron chi connectivity index (χ4n) is 4.84. The number of hydrogen-bond donors (Lipinski definition) is 0. The number of piperidine rings is 1. The number of hydrogen-bond acceptors (Lipinski definition) is 5. The summed E-state index contributed by atoms with van der Waals surface area (Å²) in [5, 5.41) is 0. The quantitative estimate of drug-likeness (QED) is 0.798. The summed E-state index contributed by atoms with van der Waals surface area (Å²) >= 11 is 0. The van der Waals surface area contributed by atoms with E-state index < -0.39 is 0 Å². The molecule has 0 unspecified atom stereocenters. The van der Waals surface area contributed by atoms with Crippen LogP contribution < -0.4 is 4.90 Å². The van der Waals surface area contributed by atoms with Gasteiger partial charge in [-0.1, -0.05) is 12.2 Å². The van der Waals surface area contributed by atoms with Crippen molar-refractivity contribution in [2.75, 3.05) is 50.7 Å². The van der Waals surface area contributed by atoms with Crippen molar-refractivity contribution in [3.8, 4) is 0 Å². The average molecular weight is 382 g/mol. The van der Waals surface area contributed by atoms with Crippen LogP contribution in [0.5, 0.6) is 0 Å². The van der Waals surface area contributed by atoms with Gasteiger partial charge in [0, 0.05) is 62.9 Å². The molecule has 152 valence electrons. The summed E-state index contributed by atoms with van der Waals surface area (Å²) < 4.78 is 0. The van der Waals surface area contributed by atoms with E-state index in [1.165, 1.54) is 56.9 Å². The highest BCUT2D eigenvalue weighted by Gasteiger charge is 2.28. The molecule has 0 atom stereocenters. The summed E-state index contributed by atoms with van der Waals surface area (Å²) in [7, 11) is 0. The van der Waals surface area contributed by atoms with E-state index in [1.807, 2.05) is 12.4 Å². The largest absolute Gasteiger partial charge is 0.357 e. The Morgan fingerprint density at radius 1 is 0.964 bits per heavy atom. The fourth-order valence-corrected chi connectivity index (χ4v) is 4.84. The van der Waals surface area contributed by atoms with Crippen molar-refractivity contribution < 1.29 is 0 Å². The van der Waals surface area contributed by atoms with E-state index in [-0.39, 0.29) is 0 Å². The molecule has 0 radical (unpaired) electrons. The average Bonchev–Trinajstić information content (AvgIpc) is 3.01. The minimum Gasteiger partial charge on any atom is -0.357 e. The molecule has 0 N–H and O–H groups in total. The number of anilines is 1. The second-order valence-corrected chi connectivity index (χ2v) is 8.51. The second-order valence-electron chi connectivity index (χ2n) is 8.51. The zero-order chi connectivity index (χ0) is 19.3. The standard InChI is InChI=1S/C23H35N5/c1-20(2)25-16-9-21(10-17-25)26-13-5-14-27(19-18-26)23-6-3-4-15-28(23)22-7-11-24-12-8-22/h3-4,6-8,11-12,20-21H,5,9-10,13-19H2,1-2H3. The number of pyridine rings is 1. The molecule has 2 fully saturated rings. The van der Waals surface area contributed by atoms with Crippen molar-refractivity contribution in [1.29, 1.82) is 0 Å². The SMILES string of the molecule is CC(C)N1CCC(N2CCCN(C3=CC=CCN3c3ccncc3)CC2)CC1. The van der Waals surface area contributed by atoms with Crippen molar-refractivity contribution in [3.05, 3.63) is 48.6 Å². The first-order chi connectivity index (χ1) is 13.7. The van der Waals surface area contributed by atoms with Gasteiger partial charge in [0.2, 0.25) is 0 Å². The van der Waals surface area contributed by atoms with Crippen LogP contribution in [-0.4, -0.2) is 77.6 Å². The Balaban J connectivity index is 1.38. The van der Waals surface area contributed by atoms with Gasteiger partial charge in [0.05, 0.1) is 0 Å². The second kappa shape index (κ2) is 9.10. The lowest BCUT2D eigenvalue weighted by atomic mass is 10.0. The third-order valence-corrected chi connectivity index (χ3v) is 6.52. The molecule has 4 rings (SSSR count). The highest BCUT2D eigenvalue weighted by Crippen LogP contribution is 2.26. The lowest BCUT2D eigenvalue weighted by Crippen LogP contribution is -2.48.